The van der Waals surface area contributed by atoms with Crippen LogP contribution in [0.3, 0.4) is 0 Å². The summed E-state index contributed by atoms with van der Waals surface area (Å²) in [4.78, 5) is 0. The van der Waals surface area contributed by atoms with E-state index in [1.54, 1.807) is 0 Å². The van der Waals surface area contributed by atoms with Crippen LogP contribution >= 0.6 is 10.7 Å². The number of hydrogen-bond donors (Lipinski definition) is 0. The molecular weight excluding hydrogens is 260 g/mol. The summed E-state index contributed by atoms with van der Waals surface area (Å²) in [5.74, 6) is 0.949. The van der Waals surface area contributed by atoms with Crippen molar-refractivity contribution in [3.8, 4) is 5.75 Å². The number of rotatable bonds is 6. The summed E-state index contributed by atoms with van der Waals surface area (Å²) >= 11 is 0. The van der Waals surface area contributed by atoms with Gasteiger partial charge in [-0.2, -0.15) is 0 Å². The van der Waals surface area contributed by atoms with Gasteiger partial charge in [-0.05, 0) is 24.0 Å². The lowest BCUT2D eigenvalue weighted by molar-refractivity contribution is 0.335. The van der Waals surface area contributed by atoms with Crippen LogP contribution in [0.2, 0.25) is 0 Å². The van der Waals surface area contributed by atoms with Crippen LogP contribution in [0.15, 0.2) is 24.3 Å². The highest BCUT2D eigenvalue weighted by Crippen LogP contribution is 2.28. The molecule has 0 aromatic heterocycles. The van der Waals surface area contributed by atoms with Crippen LogP contribution in [0.25, 0.3) is 0 Å². The van der Waals surface area contributed by atoms with Crippen molar-refractivity contribution in [2.45, 2.75) is 26.2 Å². The van der Waals surface area contributed by atoms with Gasteiger partial charge in [-0.3, -0.25) is 0 Å². The molecule has 0 saturated heterocycles. The SMILES string of the molecule is CCC(C)c1ccccc1OCCS(=O)(=O)Cl. The van der Waals surface area contributed by atoms with E-state index in [2.05, 4.69) is 13.8 Å². The molecule has 0 N–H and O–H groups in total. The summed E-state index contributed by atoms with van der Waals surface area (Å²) in [6.45, 7) is 4.30. The fourth-order valence-electron chi connectivity index (χ4n) is 1.49. The second-order valence-corrected chi connectivity index (χ2v) is 6.84. The van der Waals surface area contributed by atoms with Crippen LogP contribution < -0.4 is 4.74 Å². The Morgan fingerprint density at radius 1 is 1.35 bits per heavy atom. The molecule has 1 unspecified atom stereocenters. The third kappa shape index (κ3) is 4.96. The molecule has 0 aliphatic carbocycles. The van der Waals surface area contributed by atoms with Crippen molar-refractivity contribution in [3.63, 3.8) is 0 Å². The monoisotopic (exact) mass is 276 g/mol. The van der Waals surface area contributed by atoms with Gasteiger partial charge in [0.1, 0.15) is 12.4 Å². The van der Waals surface area contributed by atoms with E-state index in [9.17, 15) is 8.42 Å². The van der Waals surface area contributed by atoms with Crippen molar-refractivity contribution in [1.82, 2.24) is 0 Å². The van der Waals surface area contributed by atoms with Crippen molar-refractivity contribution in [2.75, 3.05) is 12.4 Å². The van der Waals surface area contributed by atoms with Gasteiger partial charge in [-0.15, -0.1) is 0 Å². The highest BCUT2D eigenvalue weighted by atomic mass is 35.7. The van der Waals surface area contributed by atoms with Crippen LogP contribution in [0.1, 0.15) is 31.7 Å². The van der Waals surface area contributed by atoms with Crippen molar-refractivity contribution in [2.24, 2.45) is 0 Å². The molecule has 0 aliphatic heterocycles. The second kappa shape index (κ2) is 6.26. The molecule has 0 bridgehead atoms. The van der Waals surface area contributed by atoms with E-state index in [1.165, 1.54) is 0 Å². The summed E-state index contributed by atoms with van der Waals surface area (Å²) in [6, 6.07) is 7.67. The molecule has 0 aliphatic rings. The molecule has 1 aromatic carbocycles. The Morgan fingerprint density at radius 2 is 2.00 bits per heavy atom. The van der Waals surface area contributed by atoms with E-state index in [-0.39, 0.29) is 12.4 Å². The lowest BCUT2D eigenvalue weighted by atomic mass is 9.98. The van der Waals surface area contributed by atoms with Crippen LogP contribution in [0.4, 0.5) is 0 Å². The zero-order valence-corrected chi connectivity index (χ0v) is 11.6. The Bertz CT molecular complexity index is 457. The smallest absolute Gasteiger partial charge is 0.235 e. The molecule has 1 atom stereocenters. The van der Waals surface area contributed by atoms with Gasteiger partial charge in [0.15, 0.2) is 0 Å². The number of halogens is 1. The average molecular weight is 277 g/mol. The topological polar surface area (TPSA) is 43.4 Å². The van der Waals surface area contributed by atoms with Gasteiger partial charge in [0.25, 0.3) is 0 Å². The molecule has 0 radical (unpaired) electrons. The Kier molecular flexibility index (Phi) is 5.28. The minimum atomic E-state index is -3.49. The van der Waals surface area contributed by atoms with Gasteiger partial charge in [0.05, 0.1) is 5.75 Å². The first-order chi connectivity index (χ1) is 7.94. The highest BCUT2D eigenvalue weighted by Gasteiger charge is 2.11. The number of hydrogen-bond acceptors (Lipinski definition) is 3. The third-order valence-corrected chi connectivity index (χ3v) is 3.76. The first-order valence-corrected chi connectivity index (χ1v) is 8.06. The highest BCUT2D eigenvalue weighted by molar-refractivity contribution is 8.13. The molecule has 0 amide bonds. The molecule has 0 saturated carbocycles. The average Bonchev–Trinajstić information content (AvgIpc) is 2.27. The quantitative estimate of drug-likeness (QED) is 0.750. The van der Waals surface area contributed by atoms with Crippen molar-refractivity contribution in [3.05, 3.63) is 29.8 Å². The van der Waals surface area contributed by atoms with E-state index in [1.807, 2.05) is 24.3 Å². The van der Waals surface area contributed by atoms with Crippen LogP contribution in [-0.2, 0) is 9.05 Å². The third-order valence-electron chi connectivity index (χ3n) is 2.65. The van der Waals surface area contributed by atoms with Gasteiger partial charge < -0.3 is 4.74 Å². The first kappa shape index (κ1) is 14.3. The Morgan fingerprint density at radius 3 is 2.59 bits per heavy atom. The molecule has 3 nitrogen and oxygen atoms in total. The molecule has 1 rings (SSSR count). The summed E-state index contributed by atoms with van der Waals surface area (Å²) in [7, 11) is 1.64. The Hall–Kier alpha value is -0.740. The largest absolute Gasteiger partial charge is 0.492 e. The predicted octanol–water partition coefficient (Wildman–Crippen LogP) is 3.15. The van der Waals surface area contributed by atoms with E-state index in [0.717, 1.165) is 17.7 Å². The van der Waals surface area contributed by atoms with E-state index >= 15 is 0 Å². The van der Waals surface area contributed by atoms with E-state index in [0.29, 0.717) is 5.92 Å². The molecule has 0 spiro atoms. The van der Waals surface area contributed by atoms with Crippen molar-refractivity contribution < 1.29 is 13.2 Å². The molecule has 1 aromatic rings. The van der Waals surface area contributed by atoms with Crippen LogP contribution in [0, 0.1) is 0 Å². The lowest BCUT2D eigenvalue weighted by Gasteiger charge is -2.15. The minimum Gasteiger partial charge on any atom is -0.492 e. The number of para-hydroxylation sites is 1. The molecule has 17 heavy (non-hydrogen) atoms. The maximum Gasteiger partial charge on any atom is 0.235 e. The summed E-state index contributed by atoms with van der Waals surface area (Å²) < 4.78 is 27.0. The fraction of sp³-hybridized carbons (Fsp3) is 0.500. The van der Waals surface area contributed by atoms with Gasteiger partial charge in [-0.1, -0.05) is 32.0 Å². The normalized spacial score (nSPS) is 13.4. The predicted molar refractivity (Wildman–Crippen MR) is 70.3 cm³/mol. The maximum absolute atomic E-state index is 10.8. The number of benzene rings is 1. The summed E-state index contributed by atoms with van der Waals surface area (Å²) in [5.41, 5.74) is 1.10. The molecule has 0 heterocycles. The van der Waals surface area contributed by atoms with Gasteiger partial charge in [0, 0.05) is 10.7 Å². The van der Waals surface area contributed by atoms with Gasteiger partial charge in [-0.25, -0.2) is 8.42 Å². The Labute approximate surface area is 107 Å². The summed E-state index contributed by atoms with van der Waals surface area (Å²) in [6.07, 6.45) is 1.01. The van der Waals surface area contributed by atoms with Gasteiger partial charge in [0.2, 0.25) is 9.05 Å². The lowest BCUT2D eigenvalue weighted by Crippen LogP contribution is -2.10. The molecular formula is C12H17ClO3S. The zero-order valence-electron chi connectivity index (χ0n) is 10.0. The Balaban J connectivity index is 2.70. The maximum atomic E-state index is 10.8. The van der Waals surface area contributed by atoms with E-state index in [4.69, 9.17) is 15.4 Å². The molecule has 5 heteroatoms. The first-order valence-electron chi connectivity index (χ1n) is 5.58. The van der Waals surface area contributed by atoms with Gasteiger partial charge >= 0.3 is 0 Å². The number of ether oxygens (including phenoxy) is 1. The summed E-state index contributed by atoms with van der Waals surface area (Å²) in [5, 5.41) is 0. The van der Waals surface area contributed by atoms with Crippen molar-refractivity contribution in [1.29, 1.82) is 0 Å². The zero-order chi connectivity index (χ0) is 12.9. The molecule has 96 valence electrons. The van der Waals surface area contributed by atoms with Crippen LogP contribution in [0.5, 0.6) is 5.75 Å². The standard InChI is InChI=1S/C12H17ClO3S/c1-3-10(2)11-6-4-5-7-12(11)16-8-9-17(13,14)15/h4-7,10H,3,8-9H2,1-2H3. The van der Waals surface area contributed by atoms with Crippen LogP contribution in [-0.4, -0.2) is 20.8 Å². The second-order valence-electron chi connectivity index (χ2n) is 3.94. The minimum absolute atomic E-state index is 0.0826. The molecule has 0 fully saturated rings. The van der Waals surface area contributed by atoms with Crippen molar-refractivity contribution >= 4 is 19.7 Å². The fourth-order valence-corrected chi connectivity index (χ4v) is 1.96. The van der Waals surface area contributed by atoms with E-state index < -0.39 is 9.05 Å².